The number of nitrogens with two attached hydrogens (primary N) is 1. The molecule has 0 aliphatic carbocycles. The largest absolute Gasteiger partial charge is 0.480 e. The minimum absolute atomic E-state index is 0.118. The molecule has 1 aromatic heterocycles. The number of nitrogens with one attached hydrogen (secondary N) is 1. The third kappa shape index (κ3) is 5.01. The van der Waals surface area contributed by atoms with Crippen LogP contribution in [0.2, 0.25) is 0 Å². The van der Waals surface area contributed by atoms with Gasteiger partial charge in [-0.25, -0.2) is 4.68 Å². The molecule has 2 atom stereocenters. The number of hydrogen-bond acceptors (Lipinski definition) is 6. The van der Waals surface area contributed by atoms with E-state index in [2.05, 4.69) is 15.6 Å². The second-order valence-corrected chi connectivity index (χ2v) is 7.69. The van der Waals surface area contributed by atoms with E-state index in [1.54, 1.807) is 41.2 Å². The van der Waals surface area contributed by atoms with Gasteiger partial charge in [-0.3, -0.25) is 14.5 Å². The van der Waals surface area contributed by atoms with Gasteiger partial charge in [-0.15, -0.1) is 5.10 Å². The summed E-state index contributed by atoms with van der Waals surface area (Å²) in [6.45, 7) is 1.10. The smallest absolute Gasteiger partial charge is 0.321 e. The van der Waals surface area contributed by atoms with Gasteiger partial charge in [0.05, 0.1) is 23.6 Å². The van der Waals surface area contributed by atoms with E-state index in [0.717, 1.165) is 5.56 Å². The minimum Gasteiger partial charge on any atom is -0.480 e. The average molecular weight is 432 g/mol. The molecule has 4 rings (SSSR count). The van der Waals surface area contributed by atoms with Crippen LogP contribution in [0.4, 0.5) is 11.4 Å². The number of rotatable bonds is 7. The number of carbonyl (C=O) groups is 2. The molecule has 32 heavy (non-hydrogen) atoms. The highest BCUT2D eigenvalue weighted by atomic mass is 16.4. The van der Waals surface area contributed by atoms with E-state index in [0.29, 0.717) is 36.6 Å². The number of para-hydroxylation sites is 2. The summed E-state index contributed by atoms with van der Waals surface area (Å²) in [5.41, 5.74) is 8.42. The third-order valence-electron chi connectivity index (χ3n) is 5.42. The first-order valence-electron chi connectivity index (χ1n) is 10.3. The first kappa shape index (κ1) is 21.3. The van der Waals surface area contributed by atoms with Gasteiger partial charge in [0, 0.05) is 19.2 Å². The van der Waals surface area contributed by atoms with Crippen LogP contribution in [0.15, 0.2) is 66.9 Å². The Balaban J connectivity index is 1.40. The van der Waals surface area contributed by atoms with Crippen LogP contribution in [0.1, 0.15) is 23.7 Å². The number of aromatic nitrogens is 3. The van der Waals surface area contributed by atoms with Crippen LogP contribution in [0.25, 0.3) is 6.08 Å². The lowest BCUT2D eigenvalue weighted by Crippen LogP contribution is -2.35. The Hall–Kier alpha value is -3.98. The van der Waals surface area contributed by atoms with Crippen LogP contribution < -0.4 is 11.1 Å². The maximum Gasteiger partial charge on any atom is 0.321 e. The Morgan fingerprint density at radius 3 is 2.66 bits per heavy atom. The molecule has 1 aliphatic rings. The Kier molecular flexibility index (Phi) is 6.27. The lowest BCUT2D eigenvalue weighted by Gasteiger charge is -2.20. The molecule has 164 valence electrons. The molecule has 1 aliphatic heterocycles. The number of amides is 1. The number of nitrogen functional groups attached to an aromatic ring is 1. The highest BCUT2D eigenvalue weighted by Crippen LogP contribution is 2.28. The topological polar surface area (TPSA) is 126 Å². The van der Waals surface area contributed by atoms with E-state index >= 15 is 0 Å². The first-order valence-corrected chi connectivity index (χ1v) is 10.3. The molecule has 3 aromatic rings. The van der Waals surface area contributed by atoms with Gasteiger partial charge in [0.25, 0.3) is 0 Å². The van der Waals surface area contributed by atoms with Crippen molar-refractivity contribution in [2.75, 3.05) is 17.6 Å². The number of carboxylic acids is 1. The van der Waals surface area contributed by atoms with Crippen LogP contribution in [0, 0.1) is 0 Å². The number of carbonyl (C=O) groups excluding carboxylic acids is 1. The van der Waals surface area contributed by atoms with Gasteiger partial charge in [-0.05, 0) is 30.2 Å². The van der Waals surface area contributed by atoms with Gasteiger partial charge in [0.1, 0.15) is 11.7 Å². The third-order valence-corrected chi connectivity index (χ3v) is 5.42. The Labute approximate surface area is 185 Å². The van der Waals surface area contributed by atoms with Gasteiger partial charge in [0.2, 0.25) is 5.91 Å². The van der Waals surface area contributed by atoms with E-state index in [4.69, 9.17) is 5.73 Å². The zero-order chi connectivity index (χ0) is 22.5. The molecule has 1 amide bonds. The molecule has 2 aromatic carbocycles. The second-order valence-electron chi connectivity index (χ2n) is 7.69. The molecule has 9 heteroatoms. The highest BCUT2D eigenvalue weighted by molar-refractivity contribution is 6.03. The normalized spacial score (nSPS) is 18.8. The number of carboxylic acid groups (broad SMARTS) is 1. The minimum atomic E-state index is -0.847. The summed E-state index contributed by atoms with van der Waals surface area (Å²) < 4.78 is 1.67. The molecule has 2 heterocycles. The summed E-state index contributed by atoms with van der Waals surface area (Å²) in [7, 11) is 0. The molecule has 1 fully saturated rings. The summed E-state index contributed by atoms with van der Waals surface area (Å²) in [5.74, 6) is -1.18. The van der Waals surface area contributed by atoms with E-state index < -0.39 is 12.0 Å². The van der Waals surface area contributed by atoms with Gasteiger partial charge >= 0.3 is 5.97 Å². The molecule has 0 saturated carbocycles. The van der Waals surface area contributed by atoms with Crippen LogP contribution in [0.3, 0.4) is 0 Å². The number of likely N-dealkylation sites (tertiary alicyclic amines) is 1. The van der Waals surface area contributed by atoms with Crippen LogP contribution in [0.5, 0.6) is 0 Å². The molecule has 4 N–H and O–H groups in total. The summed E-state index contributed by atoms with van der Waals surface area (Å²) in [5, 5.41) is 20.6. The molecule has 0 spiro atoms. The molecule has 1 saturated heterocycles. The Bertz CT molecular complexity index is 1130. The number of anilines is 2. The van der Waals surface area contributed by atoms with Gasteiger partial charge in [0.15, 0.2) is 0 Å². The van der Waals surface area contributed by atoms with Gasteiger partial charge in [-0.2, -0.15) is 0 Å². The van der Waals surface area contributed by atoms with Crippen molar-refractivity contribution in [2.45, 2.75) is 25.0 Å². The molecule has 0 unspecified atom stereocenters. The predicted molar refractivity (Wildman–Crippen MR) is 120 cm³/mol. The monoisotopic (exact) mass is 432 g/mol. The maximum atomic E-state index is 12.2. The van der Waals surface area contributed by atoms with Crippen molar-refractivity contribution >= 4 is 29.3 Å². The summed E-state index contributed by atoms with van der Waals surface area (Å²) in [6.07, 6.45) is 5.07. The molecular formula is C23H24N6O3. The van der Waals surface area contributed by atoms with E-state index in [1.807, 2.05) is 35.2 Å². The van der Waals surface area contributed by atoms with E-state index in [1.165, 1.54) is 6.08 Å². The van der Waals surface area contributed by atoms with Crippen molar-refractivity contribution in [2.24, 2.45) is 0 Å². The molecule has 9 nitrogen and oxygen atoms in total. The van der Waals surface area contributed by atoms with Gasteiger partial charge in [-0.1, -0.05) is 47.7 Å². The SMILES string of the molecule is Nc1ccccc1NC(=O)/C=C/c1cn([C@H]2C[C@@H](C(=O)O)N(Cc3ccccc3)C2)nn1. The fourth-order valence-corrected chi connectivity index (χ4v) is 3.81. The zero-order valence-corrected chi connectivity index (χ0v) is 17.3. The maximum absolute atomic E-state index is 12.2. The zero-order valence-electron chi connectivity index (χ0n) is 17.3. The van der Waals surface area contributed by atoms with Gasteiger partial charge < -0.3 is 16.2 Å². The fraction of sp³-hybridized carbons (Fsp3) is 0.217. The number of nitrogens with zero attached hydrogens (tertiary/aromatic N) is 4. The number of aliphatic carboxylic acids is 1. The fourth-order valence-electron chi connectivity index (χ4n) is 3.81. The second kappa shape index (κ2) is 9.44. The van der Waals surface area contributed by atoms with Crippen molar-refractivity contribution in [3.63, 3.8) is 0 Å². The average Bonchev–Trinajstić information content (AvgIpc) is 3.42. The number of hydrogen-bond donors (Lipinski definition) is 3. The summed E-state index contributed by atoms with van der Waals surface area (Å²) in [6, 6.07) is 16.1. The Morgan fingerprint density at radius 2 is 1.91 bits per heavy atom. The van der Waals surface area contributed by atoms with Crippen molar-refractivity contribution in [1.82, 2.24) is 19.9 Å². The van der Waals surface area contributed by atoms with Crippen molar-refractivity contribution in [3.8, 4) is 0 Å². The quantitative estimate of drug-likeness (QED) is 0.386. The lowest BCUT2D eigenvalue weighted by atomic mass is 10.1. The van der Waals surface area contributed by atoms with Crippen molar-refractivity contribution in [1.29, 1.82) is 0 Å². The van der Waals surface area contributed by atoms with Crippen molar-refractivity contribution in [3.05, 3.63) is 78.1 Å². The summed E-state index contributed by atoms with van der Waals surface area (Å²) >= 11 is 0. The van der Waals surface area contributed by atoms with Crippen molar-refractivity contribution < 1.29 is 14.7 Å². The van der Waals surface area contributed by atoms with Crippen LogP contribution >= 0.6 is 0 Å². The first-order chi connectivity index (χ1) is 15.5. The van der Waals surface area contributed by atoms with Crippen LogP contribution in [-0.2, 0) is 16.1 Å². The van der Waals surface area contributed by atoms with E-state index in [-0.39, 0.29) is 11.9 Å². The Morgan fingerprint density at radius 1 is 1.16 bits per heavy atom. The predicted octanol–water partition coefficient (Wildman–Crippen LogP) is 2.41. The standard InChI is InChI=1S/C23H24N6O3/c24-19-8-4-5-9-20(19)25-22(30)11-10-17-14-29(27-26-17)18-12-21(23(31)32)28(15-18)13-16-6-2-1-3-7-16/h1-11,14,18,21H,12-13,15,24H2,(H,25,30)(H,31,32)/b11-10+/t18-,21-/m0/s1. The summed E-state index contributed by atoms with van der Waals surface area (Å²) in [4.78, 5) is 25.9. The molecular weight excluding hydrogens is 408 g/mol. The van der Waals surface area contributed by atoms with Crippen LogP contribution in [-0.4, -0.2) is 49.5 Å². The lowest BCUT2D eigenvalue weighted by molar-refractivity contribution is -0.142. The van der Waals surface area contributed by atoms with E-state index in [9.17, 15) is 14.7 Å². The molecule has 0 bridgehead atoms. The highest BCUT2D eigenvalue weighted by Gasteiger charge is 2.38. The molecule has 0 radical (unpaired) electrons. The number of benzene rings is 2.